The number of hydrogen-bond acceptors (Lipinski definition) is 2. The molecule has 0 aliphatic carbocycles. The van der Waals surface area contributed by atoms with Crippen molar-refractivity contribution in [1.29, 1.82) is 0 Å². The first-order valence-corrected chi connectivity index (χ1v) is 31.5. The zero-order valence-electron chi connectivity index (χ0n) is 47.9. The molecule has 0 aromatic rings. The van der Waals surface area contributed by atoms with E-state index in [0.717, 1.165) is 6.54 Å². The Kier molecular flexibility index (Phi) is 51.1. The van der Waals surface area contributed by atoms with Crippen LogP contribution in [0, 0.1) is 0 Å². The molecule has 0 fully saturated rings. The van der Waals surface area contributed by atoms with Gasteiger partial charge in [0.05, 0.1) is 26.2 Å². The van der Waals surface area contributed by atoms with Crippen molar-refractivity contribution in [3.8, 4) is 0 Å². The molecule has 0 heterocycles. The highest BCUT2D eigenvalue weighted by atomic mass is 15.4. The van der Waals surface area contributed by atoms with Crippen LogP contribution in [0.15, 0.2) is 0 Å². The number of rotatable bonds is 57. The molecule has 0 aliphatic heterocycles. The lowest BCUT2D eigenvalue weighted by Crippen LogP contribution is -2.64. The summed E-state index contributed by atoms with van der Waals surface area (Å²) in [6, 6.07) is 0.658. The van der Waals surface area contributed by atoms with E-state index in [2.05, 4.69) is 66.0 Å². The Labute approximate surface area is 421 Å². The highest BCUT2D eigenvalue weighted by Gasteiger charge is 2.40. The molecule has 0 aliphatic rings. The van der Waals surface area contributed by atoms with Gasteiger partial charge in [-0.25, -0.2) is 0 Å². The standard InChI is InChI=1S/C63H132N3/c1-9-12-15-18-21-24-27-30-33-36-39-42-45-48-51-54-57-62(66(7,8)61-56-53-50-47-44-41-38-35-32-29-26-23-20-17-14-11-3)63(4,5)64-58-60-65(6)59-55-52-49-46-43-40-37-34-31-28-25-22-19-16-13-10-2/h62,64H,9-61H2,1-8H3/q+1. The van der Waals surface area contributed by atoms with Crippen molar-refractivity contribution < 1.29 is 4.48 Å². The molecule has 0 aromatic heterocycles. The third kappa shape index (κ3) is 46.3. The quantitative estimate of drug-likeness (QED) is 0.0483. The molecule has 3 nitrogen and oxygen atoms in total. The molecule has 1 atom stereocenters. The first-order valence-electron chi connectivity index (χ1n) is 31.5. The van der Waals surface area contributed by atoms with Crippen LogP contribution in [0.3, 0.4) is 0 Å². The number of hydrogen-bond donors (Lipinski definition) is 1. The number of likely N-dealkylation sites (N-methyl/N-ethyl adjacent to an activating group) is 2. The molecule has 0 saturated carbocycles. The number of nitrogens with zero attached hydrogens (tertiary/aromatic N) is 2. The Hall–Kier alpha value is -0.120. The predicted octanol–water partition coefficient (Wildman–Crippen LogP) is 20.9. The van der Waals surface area contributed by atoms with E-state index in [1.165, 1.54) is 339 Å². The monoisotopic (exact) mass is 931 g/mol. The van der Waals surface area contributed by atoms with Crippen molar-refractivity contribution in [1.82, 2.24) is 10.2 Å². The van der Waals surface area contributed by atoms with Gasteiger partial charge in [0, 0.05) is 19.5 Å². The van der Waals surface area contributed by atoms with Gasteiger partial charge < -0.3 is 14.7 Å². The summed E-state index contributed by atoms with van der Waals surface area (Å²) in [5, 5.41) is 4.16. The van der Waals surface area contributed by atoms with Crippen LogP contribution in [-0.2, 0) is 0 Å². The Bertz CT molecular complexity index is 898. The van der Waals surface area contributed by atoms with E-state index in [-0.39, 0.29) is 5.54 Å². The van der Waals surface area contributed by atoms with Crippen LogP contribution in [0.2, 0.25) is 0 Å². The minimum absolute atomic E-state index is 0.142. The van der Waals surface area contributed by atoms with Crippen LogP contribution in [-0.4, -0.2) is 68.3 Å². The average molecular weight is 932 g/mol. The number of nitrogens with one attached hydrogen (secondary N) is 1. The maximum atomic E-state index is 4.16. The van der Waals surface area contributed by atoms with Gasteiger partial charge >= 0.3 is 0 Å². The van der Waals surface area contributed by atoms with Crippen molar-refractivity contribution in [3.63, 3.8) is 0 Å². The third-order valence-electron chi connectivity index (χ3n) is 16.1. The Morgan fingerprint density at radius 1 is 0.333 bits per heavy atom. The molecular weight excluding hydrogens is 799 g/mol. The SMILES string of the molecule is CCCCCCCCCCCCCCCCCCC(C(C)(C)NCCN(C)CCCCCCCCCCCCCCCCCC)[N+](C)(C)CCCCCCCCCCCCCCCCCC. The van der Waals surface area contributed by atoms with Crippen molar-refractivity contribution >= 4 is 0 Å². The van der Waals surface area contributed by atoms with Gasteiger partial charge in [0.2, 0.25) is 0 Å². The highest BCUT2D eigenvalue weighted by molar-refractivity contribution is 4.88. The molecular formula is C63H132N3+. The fourth-order valence-corrected chi connectivity index (χ4v) is 11.4. The Balaban J connectivity index is 4.51. The van der Waals surface area contributed by atoms with Crippen LogP contribution in [0.1, 0.15) is 349 Å². The topological polar surface area (TPSA) is 15.3 Å². The molecule has 0 radical (unpaired) electrons. The summed E-state index contributed by atoms with van der Waals surface area (Å²) in [5.74, 6) is 0. The van der Waals surface area contributed by atoms with Gasteiger partial charge in [0.1, 0.15) is 6.04 Å². The van der Waals surface area contributed by atoms with Gasteiger partial charge in [0.25, 0.3) is 0 Å². The van der Waals surface area contributed by atoms with Crippen molar-refractivity contribution in [2.45, 2.75) is 361 Å². The lowest BCUT2D eigenvalue weighted by Gasteiger charge is -2.47. The second-order valence-electron chi connectivity index (χ2n) is 23.7. The van der Waals surface area contributed by atoms with Crippen LogP contribution >= 0.6 is 0 Å². The summed E-state index contributed by atoms with van der Waals surface area (Å²) in [6.07, 6.45) is 70.9. The van der Waals surface area contributed by atoms with E-state index < -0.39 is 0 Å². The molecule has 3 heteroatoms. The first kappa shape index (κ1) is 65.9. The van der Waals surface area contributed by atoms with E-state index in [1.54, 1.807) is 0 Å². The maximum absolute atomic E-state index is 4.16. The summed E-state index contributed by atoms with van der Waals surface area (Å²) in [5.41, 5.74) is 0.142. The van der Waals surface area contributed by atoms with E-state index in [9.17, 15) is 0 Å². The van der Waals surface area contributed by atoms with Gasteiger partial charge in [-0.3, -0.25) is 0 Å². The molecule has 0 aromatic carbocycles. The number of quaternary nitrogens is 1. The molecule has 0 bridgehead atoms. The number of unbranched alkanes of at least 4 members (excludes halogenated alkanes) is 45. The molecule has 1 unspecified atom stereocenters. The van der Waals surface area contributed by atoms with Crippen LogP contribution in [0.4, 0.5) is 0 Å². The van der Waals surface area contributed by atoms with Crippen LogP contribution in [0.5, 0.6) is 0 Å². The summed E-state index contributed by atoms with van der Waals surface area (Å²) < 4.78 is 1.17. The lowest BCUT2D eigenvalue weighted by atomic mass is 9.86. The fraction of sp³-hybridized carbons (Fsp3) is 1.00. The minimum atomic E-state index is 0.142. The normalized spacial score (nSPS) is 12.9. The molecule has 0 amide bonds. The summed E-state index contributed by atoms with van der Waals surface area (Å²) in [4.78, 5) is 2.61. The Morgan fingerprint density at radius 3 is 0.864 bits per heavy atom. The minimum Gasteiger partial charge on any atom is -0.325 e. The van der Waals surface area contributed by atoms with Gasteiger partial charge in [-0.05, 0) is 53.1 Å². The second kappa shape index (κ2) is 51.2. The predicted molar refractivity (Wildman–Crippen MR) is 304 cm³/mol. The molecule has 398 valence electrons. The average Bonchev–Trinajstić information content (AvgIpc) is 3.29. The molecule has 0 saturated heterocycles. The lowest BCUT2D eigenvalue weighted by molar-refractivity contribution is -0.919. The summed E-state index contributed by atoms with van der Waals surface area (Å²) >= 11 is 0. The smallest absolute Gasteiger partial charge is 0.106 e. The third-order valence-corrected chi connectivity index (χ3v) is 16.1. The van der Waals surface area contributed by atoms with E-state index in [0.29, 0.717) is 6.04 Å². The zero-order valence-corrected chi connectivity index (χ0v) is 47.9. The van der Waals surface area contributed by atoms with E-state index in [1.807, 2.05) is 0 Å². The summed E-state index contributed by atoms with van der Waals surface area (Å²) in [7, 11) is 7.52. The van der Waals surface area contributed by atoms with Crippen LogP contribution in [0.25, 0.3) is 0 Å². The molecule has 66 heavy (non-hydrogen) atoms. The zero-order chi connectivity index (χ0) is 48.3. The van der Waals surface area contributed by atoms with E-state index in [4.69, 9.17) is 0 Å². The van der Waals surface area contributed by atoms with Gasteiger partial charge in [-0.2, -0.15) is 0 Å². The van der Waals surface area contributed by atoms with Gasteiger partial charge in [-0.15, -0.1) is 0 Å². The van der Waals surface area contributed by atoms with Crippen molar-refractivity contribution in [2.75, 3.05) is 47.3 Å². The van der Waals surface area contributed by atoms with Gasteiger partial charge in [0.15, 0.2) is 0 Å². The van der Waals surface area contributed by atoms with Crippen LogP contribution < -0.4 is 5.32 Å². The molecule has 1 N–H and O–H groups in total. The first-order chi connectivity index (χ1) is 32.2. The fourth-order valence-electron chi connectivity index (χ4n) is 11.4. The summed E-state index contributed by atoms with van der Waals surface area (Å²) in [6.45, 7) is 16.9. The Morgan fingerprint density at radius 2 is 0.576 bits per heavy atom. The highest BCUT2D eigenvalue weighted by Crippen LogP contribution is 2.27. The van der Waals surface area contributed by atoms with Gasteiger partial charge in [-0.1, -0.05) is 303 Å². The van der Waals surface area contributed by atoms with Crippen molar-refractivity contribution in [2.24, 2.45) is 0 Å². The van der Waals surface area contributed by atoms with Crippen molar-refractivity contribution in [3.05, 3.63) is 0 Å². The van der Waals surface area contributed by atoms with E-state index >= 15 is 0 Å². The molecule has 0 rings (SSSR count). The maximum Gasteiger partial charge on any atom is 0.106 e. The largest absolute Gasteiger partial charge is 0.325 e. The molecule has 0 spiro atoms. The second-order valence-corrected chi connectivity index (χ2v) is 23.7.